The molecule has 0 amide bonds. The Hall–Kier alpha value is -3.91. The summed E-state index contributed by atoms with van der Waals surface area (Å²) in [7, 11) is 0. The van der Waals surface area contributed by atoms with E-state index < -0.39 is 0 Å². The van der Waals surface area contributed by atoms with Crippen LogP contribution in [0, 0.1) is 13.5 Å². The molecule has 0 aliphatic heterocycles. The van der Waals surface area contributed by atoms with E-state index in [-0.39, 0.29) is 0 Å². The highest BCUT2D eigenvalue weighted by Gasteiger charge is 2.06. The molecule has 5 nitrogen and oxygen atoms in total. The average molecular weight is 380 g/mol. The van der Waals surface area contributed by atoms with Gasteiger partial charge in [-0.15, -0.1) is 0 Å². The van der Waals surface area contributed by atoms with Crippen LogP contribution in [-0.2, 0) is 13.0 Å². The maximum Gasteiger partial charge on any atom is 0.219 e. The molecule has 0 fully saturated rings. The summed E-state index contributed by atoms with van der Waals surface area (Å²) in [6.07, 6.45) is 6.31. The summed E-state index contributed by atoms with van der Waals surface area (Å²) in [5.74, 6) is 1.36. The van der Waals surface area contributed by atoms with Crippen LogP contribution in [-0.4, -0.2) is 14.5 Å². The van der Waals surface area contributed by atoms with Crippen LogP contribution in [0.1, 0.15) is 22.4 Å². The fourth-order valence-electron chi connectivity index (χ4n) is 3.10. The van der Waals surface area contributed by atoms with E-state index in [1.165, 1.54) is 0 Å². The molecule has 4 aromatic rings. The lowest BCUT2D eigenvalue weighted by molar-refractivity contribution is 0.462. The van der Waals surface area contributed by atoms with Crippen molar-refractivity contribution >= 4 is 5.69 Å². The number of benzene rings is 2. The fourth-order valence-corrected chi connectivity index (χ4v) is 3.10. The molecule has 2 aromatic heterocycles. The second-order valence-corrected chi connectivity index (χ2v) is 6.89. The first-order valence-electron chi connectivity index (χ1n) is 9.34. The van der Waals surface area contributed by atoms with Crippen LogP contribution in [0.2, 0.25) is 0 Å². The SMILES string of the molecule is [C-]#[N+]c1ccc(Cc2cncn2Cc2ccc(Oc3cccc(C)c3)nc2)cc1. The Morgan fingerprint density at radius 3 is 2.55 bits per heavy atom. The van der Waals surface area contributed by atoms with Gasteiger partial charge in [-0.1, -0.05) is 42.5 Å². The largest absolute Gasteiger partial charge is 0.439 e. The summed E-state index contributed by atoms with van der Waals surface area (Å²) in [4.78, 5) is 12.2. The number of aryl methyl sites for hydroxylation is 1. The van der Waals surface area contributed by atoms with Gasteiger partial charge in [-0.25, -0.2) is 14.8 Å². The average Bonchev–Trinajstić information content (AvgIpc) is 3.16. The lowest BCUT2D eigenvalue weighted by Crippen LogP contribution is -2.04. The molecule has 29 heavy (non-hydrogen) atoms. The molecule has 0 unspecified atom stereocenters. The van der Waals surface area contributed by atoms with Gasteiger partial charge in [0.1, 0.15) is 5.75 Å². The molecular formula is C24H20N4O. The zero-order chi connectivity index (χ0) is 20.1. The summed E-state index contributed by atoms with van der Waals surface area (Å²) in [5.41, 5.74) is 5.14. The first kappa shape index (κ1) is 18.5. The van der Waals surface area contributed by atoms with Crippen molar-refractivity contribution in [1.29, 1.82) is 0 Å². The Bertz CT molecular complexity index is 1140. The molecule has 0 radical (unpaired) electrons. The minimum atomic E-state index is 0.574. The first-order chi connectivity index (χ1) is 14.2. The standard InChI is InChI=1S/C24H20N4O/c1-18-4-3-5-23(12-18)29-24-11-8-20(14-27-24)16-28-17-26-15-22(28)13-19-6-9-21(25-2)10-7-19/h3-12,14-15,17H,13,16H2,1H3. The molecular weight excluding hydrogens is 360 g/mol. The number of rotatable bonds is 6. The van der Waals surface area contributed by atoms with Crippen LogP contribution in [0.15, 0.2) is 79.4 Å². The van der Waals surface area contributed by atoms with Crippen molar-refractivity contribution in [3.63, 3.8) is 0 Å². The summed E-state index contributed by atoms with van der Waals surface area (Å²) < 4.78 is 7.93. The van der Waals surface area contributed by atoms with Crippen LogP contribution in [0.5, 0.6) is 11.6 Å². The lowest BCUT2D eigenvalue weighted by atomic mass is 10.1. The maximum atomic E-state index is 7.05. The summed E-state index contributed by atoms with van der Waals surface area (Å²) in [5, 5.41) is 0. The quantitative estimate of drug-likeness (QED) is 0.411. The lowest BCUT2D eigenvalue weighted by Gasteiger charge is -2.10. The van der Waals surface area contributed by atoms with E-state index in [1.54, 1.807) is 0 Å². The normalized spacial score (nSPS) is 10.5. The predicted octanol–water partition coefficient (Wildman–Crippen LogP) is 5.57. The molecule has 4 rings (SSSR count). The molecule has 0 saturated carbocycles. The molecule has 142 valence electrons. The summed E-state index contributed by atoms with van der Waals surface area (Å²) in [6, 6.07) is 19.5. The maximum absolute atomic E-state index is 7.05. The molecule has 5 heteroatoms. The monoisotopic (exact) mass is 380 g/mol. The van der Waals surface area contributed by atoms with Crippen LogP contribution in [0.25, 0.3) is 4.85 Å². The van der Waals surface area contributed by atoms with Crippen molar-refractivity contribution in [2.24, 2.45) is 0 Å². The van der Waals surface area contributed by atoms with E-state index in [1.807, 2.05) is 86.3 Å². The van der Waals surface area contributed by atoms with Gasteiger partial charge in [-0.3, -0.25) is 0 Å². The van der Waals surface area contributed by atoms with Gasteiger partial charge in [0.2, 0.25) is 5.88 Å². The summed E-state index contributed by atoms with van der Waals surface area (Å²) >= 11 is 0. The van der Waals surface area contributed by atoms with Crippen LogP contribution in [0.3, 0.4) is 0 Å². The number of pyridine rings is 1. The summed E-state index contributed by atoms with van der Waals surface area (Å²) in [6.45, 7) is 9.77. The molecule has 0 bridgehead atoms. The number of hydrogen-bond acceptors (Lipinski definition) is 3. The smallest absolute Gasteiger partial charge is 0.219 e. The second kappa shape index (κ2) is 8.41. The highest BCUT2D eigenvalue weighted by Crippen LogP contribution is 2.21. The van der Waals surface area contributed by atoms with Crippen molar-refractivity contribution in [3.05, 3.63) is 113 Å². The molecule has 0 spiro atoms. The third-order valence-electron chi connectivity index (χ3n) is 4.61. The van der Waals surface area contributed by atoms with Crippen LogP contribution in [0.4, 0.5) is 5.69 Å². The number of aromatic nitrogens is 3. The molecule has 0 atom stereocenters. The third kappa shape index (κ3) is 4.69. The van der Waals surface area contributed by atoms with Crippen molar-refractivity contribution < 1.29 is 4.74 Å². The van der Waals surface area contributed by atoms with Crippen molar-refractivity contribution in [2.75, 3.05) is 0 Å². The molecule has 2 heterocycles. The number of hydrogen-bond donors (Lipinski definition) is 0. The number of imidazole rings is 1. The van der Waals surface area contributed by atoms with E-state index in [2.05, 4.69) is 19.4 Å². The molecule has 2 aromatic carbocycles. The number of ether oxygens (including phenoxy) is 1. The minimum absolute atomic E-state index is 0.574. The topological polar surface area (TPSA) is 44.3 Å². The van der Waals surface area contributed by atoms with Gasteiger partial charge in [-0.05, 0) is 35.7 Å². The Balaban J connectivity index is 1.43. The van der Waals surface area contributed by atoms with Gasteiger partial charge in [0.25, 0.3) is 0 Å². The third-order valence-corrected chi connectivity index (χ3v) is 4.61. The Kier molecular flexibility index (Phi) is 5.35. The van der Waals surface area contributed by atoms with E-state index >= 15 is 0 Å². The van der Waals surface area contributed by atoms with E-state index in [4.69, 9.17) is 11.3 Å². The van der Waals surface area contributed by atoms with Gasteiger partial charge in [0, 0.05) is 30.6 Å². The van der Waals surface area contributed by atoms with Crippen molar-refractivity contribution in [2.45, 2.75) is 19.9 Å². The zero-order valence-corrected chi connectivity index (χ0v) is 16.1. The molecule has 0 aliphatic rings. The van der Waals surface area contributed by atoms with Crippen molar-refractivity contribution in [3.8, 4) is 11.6 Å². The molecule has 0 N–H and O–H groups in total. The van der Waals surface area contributed by atoms with E-state index in [9.17, 15) is 0 Å². The van der Waals surface area contributed by atoms with Crippen LogP contribution < -0.4 is 4.74 Å². The number of nitrogens with zero attached hydrogens (tertiary/aromatic N) is 4. The van der Waals surface area contributed by atoms with Gasteiger partial charge in [0.05, 0.1) is 19.4 Å². The fraction of sp³-hybridized carbons (Fsp3) is 0.125. The van der Waals surface area contributed by atoms with Gasteiger partial charge < -0.3 is 9.30 Å². The van der Waals surface area contributed by atoms with Crippen LogP contribution >= 0.6 is 0 Å². The second-order valence-electron chi connectivity index (χ2n) is 6.89. The van der Waals surface area contributed by atoms with Gasteiger partial charge in [0.15, 0.2) is 5.69 Å². The van der Waals surface area contributed by atoms with Gasteiger partial charge >= 0.3 is 0 Å². The minimum Gasteiger partial charge on any atom is -0.439 e. The highest BCUT2D eigenvalue weighted by atomic mass is 16.5. The van der Waals surface area contributed by atoms with E-state index in [0.717, 1.165) is 34.6 Å². The molecule has 0 saturated heterocycles. The first-order valence-corrected chi connectivity index (χ1v) is 9.34. The Labute approximate surface area is 170 Å². The predicted molar refractivity (Wildman–Crippen MR) is 112 cm³/mol. The Morgan fingerprint density at radius 2 is 1.83 bits per heavy atom. The zero-order valence-electron chi connectivity index (χ0n) is 16.1. The van der Waals surface area contributed by atoms with E-state index in [0.29, 0.717) is 18.1 Å². The Morgan fingerprint density at radius 1 is 1.00 bits per heavy atom. The van der Waals surface area contributed by atoms with Gasteiger partial charge in [-0.2, -0.15) is 0 Å². The van der Waals surface area contributed by atoms with Crippen molar-refractivity contribution in [1.82, 2.24) is 14.5 Å². The molecule has 0 aliphatic carbocycles. The highest BCUT2D eigenvalue weighted by molar-refractivity contribution is 5.45.